The normalized spacial score (nSPS) is 26.9. The van der Waals surface area contributed by atoms with E-state index in [1.807, 2.05) is 0 Å². The molecule has 0 bridgehead atoms. The van der Waals surface area contributed by atoms with Crippen molar-refractivity contribution in [3.05, 3.63) is 0 Å². The number of hydrogen-bond acceptors (Lipinski definition) is 4. The average molecular weight is 285 g/mol. The zero-order valence-electron chi connectivity index (χ0n) is 13.4. The van der Waals surface area contributed by atoms with E-state index in [0.717, 1.165) is 58.0 Å². The highest BCUT2D eigenvalue weighted by molar-refractivity contribution is 5.60. The number of carbonyl (C=O) groups excluding carboxylic acids is 1. The molecule has 0 spiro atoms. The van der Waals surface area contributed by atoms with Gasteiger partial charge in [-0.1, -0.05) is 6.92 Å². The van der Waals surface area contributed by atoms with Crippen LogP contribution in [-0.4, -0.2) is 58.3 Å². The van der Waals surface area contributed by atoms with Crippen LogP contribution >= 0.6 is 0 Å². The summed E-state index contributed by atoms with van der Waals surface area (Å²) in [5, 5.41) is 0. The summed E-state index contributed by atoms with van der Waals surface area (Å²) < 4.78 is 10.3. The first-order chi connectivity index (χ1) is 9.65. The third-order valence-corrected chi connectivity index (χ3v) is 4.49. The molecule has 0 radical (unpaired) electrons. The lowest BCUT2D eigenvalue weighted by molar-refractivity contribution is -0.119. The number of carbonyl (C=O) groups is 1. The number of rotatable bonds is 10. The number of nitrogens with zero attached hydrogens (tertiary/aromatic N) is 1. The smallest absolute Gasteiger partial charge is 0.127 e. The Morgan fingerprint density at radius 2 is 1.80 bits per heavy atom. The van der Waals surface area contributed by atoms with Crippen molar-refractivity contribution in [3.8, 4) is 0 Å². The van der Waals surface area contributed by atoms with Crippen molar-refractivity contribution < 1.29 is 14.3 Å². The van der Waals surface area contributed by atoms with Crippen molar-refractivity contribution in [1.29, 1.82) is 0 Å². The molecule has 1 saturated carbocycles. The summed E-state index contributed by atoms with van der Waals surface area (Å²) in [4.78, 5) is 14.0. The van der Waals surface area contributed by atoms with Gasteiger partial charge in [0.2, 0.25) is 0 Å². The highest BCUT2D eigenvalue weighted by Gasteiger charge is 2.35. The zero-order chi connectivity index (χ0) is 14.8. The van der Waals surface area contributed by atoms with Gasteiger partial charge in [-0.25, -0.2) is 0 Å². The lowest BCUT2D eigenvalue weighted by Crippen LogP contribution is -2.43. The fraction of sp³-hybridized carbons (Fsp3) is 0.938. The maximum Gasteiger partial charge on any atom is 0.127 e. The van der Waals surface area contributed by atoms with Crippen LogP contribution in [0.4, 0.5) is 0 Å². The molecule has 1 fully saturated rings. The first-order valence-electron chi connectivity index (χ1n) is 7.82. The molecule has 0 amide bonds. The second-order valence-electron chi connectivity index (χ2n) is 6.28. The third-order valence-electron chi connectivity index (χ3n) is 4.49. The van der Waals surface area contributed by atoms with Crippen LogP contribution in [-0.2, 0) is 14.3 Å². The Labute approximate surface area is 123 Å². The van der Waals surface area contributed by atoms with Crippen molar-refractivity contribution in [2.45, 2.75) is 39.0 Å². The highest BCUT2D eigenvalue weighted by Crippen LogP contribution is 2.37. The molecule has 0 heterocycles. The van der Waals surface area contributed by atoms with E-state index < -0.39 is 0 Å². The number of ether oxygens (including phenoxy) is 2. The lowest BCUT2D eigenvalue weighted by Gasteiger charge is -2.39. The molecule has 0 aromatic rings. The summed E-state index contributed by atoms with van der Waals surface area (Å²) in [5.74, 6) is 0.768. The van der Waals surface area contributed by atoms with Gasteiger partial charge in [-0.2, -0.15) is 0 Å². The molecule has 1 aliphatic carbocycles. The van der Waals surface area contributed by atoms with Crippen molar-refractivity contribution >= 4 is 6.29 Å². The second-order valence-corrected chi connectivity index (χ2v) is 6.28. The van der Waals surface area contributed by atoms with E-state index in [1.54, 1.807) is 14.2 Å². The van der Waals surface area contributed by atoms with Crippen molar-refractivity contribution in [3.63, 3.8) is 0 Å². The summed E-state index contributed by atoms with van der Waals surface area (Å²) >= 11 is 0. The molecular weight excluding hydrogens is 254 g/mol. The Bertz CT molecular complexity index is 262. The first kappa shape index (κ1) is 17.6. The summed E-state index contributed by atoms with van der Waals surface area (Å²) in [5.41, 5.74) is -0.132. The first-order valence-corrected chi connectivity index (χ1v) is 7.82. The van der Waals surface area contributed by atoms with Gasteiger partial charge in [-0.05, 0) is 38.0 Å². The van der Waals surface area contributed by atoms with Crippen molar-refractivity contribution in [1.82, 2.24) is 4.90 Å². The van der Waals surface area contributed by atoms with Crippen LogP contribution in [0.3, 0.4) is 0 Å². The molecule has 1 aliphatic rings. The molecule has 0 saturated heterocycles. The maximum absolute atomic E-state index is 11.6. The molecule has 0 atom stereocenters. The van der Waals surface area contributed by atoms with Crippen molar-refractivity contribution in [2.75, 3.05) is 47.1 Å². The van der Waals surface area contributed by atoms with Crippen LogP contribution in [0.15, 0.2) is 0 Å². The number of hydrogen-bond donors (Lipinski definition) is 0. The van der Waals surface area contributed by atoms with Gasteiger partial charge in [0, 0.05) is 45.9 Å². The van der Waals surface area contributed by atoms with Gasteiger partial charge in [0.05, 0.1) is 6.61 Å². The molecule has 0 N–H and O–H groups in total. The molecule has 118 valence electrons. The van der Waals surface area contributed by atoms with Gasteiger partial charge < -0.3 is 14.3 Å². The Morgan fingerprint density at radius 1 is 1.15 bits per heavy atom. The Morgan fingerprint density at radius 3 is 2.35 bits per heavy atom. The minimum absolute atomic E-state index is 0.132. The molecule has 4 nitrogen and oxygen atoms in total. The maximum atomic E-state index is 11.6. The minimum Gasteiger partial charge on any atom is -0.385 e. The van der Waals surface area contributed by atoms with Crippen LogP contribution in [0.2, 0.25) is 0 Å². The van der Waals surface area contributed by atoms with E-state index >= 15 is 0 Å². The van der Waals surface area contributed by atoms with E-state index in [0.29, 0.717) is 0 Å². The molecule has 0 aliphatic heterocycles. The van der Waals surface area contributed by atoms with Crippen LogP contribution in [0.25, 0.3) is 0 Å². The van der Waals surface area contributed by atoms with Crippen LogP contribution < -0.4 is 0 Å². The molecular formula is C16H31NO3. The third kappa shape index (κ3) is 5.90. The van der Waals surface area contributed by atoms with Gasteiger partial charge >= 0.3 is 0 Å². The molecule has 20 heavy (non-hydrogen) atoms. The Hall–Kier alpha value is -0.450. The molecule has 4 heteroatoms. The summed E-state index contributed by atoms with van der Waals surface area (Å²) in [6.07, 6.45) is 6.64. The summed E-state index contributed by atoms with van der Waals surface area (Å²) in [7, 11) is 3.46. The second kappa shape index (κ2) is 9.48. The standard InChI is InChI=1S/C16H31NO3/c1-15-5-7-16(14-18,8-6-15)13-17(10-12-20-3)9-4-11-19-2/h14-15H,4-13H2,1-3H3. The Kier molecular flexibility index (Phi) is 8.34. The van der Waals surface area contributed by atoms with Crippen LogP contribution in [0.1, 0.15) is 39.0 Å². The lowest BCUT2D eigenvalue weighted by atomic mass is 9.71. The highest BCUT2D eigenvalue weighted by atomic mass is 16.5. The minimum atomic E-state index is -0.132. The van der Waals surface area contributed by atoms with E-state index in [-0.39, 0.29) is 5.41 Å². The van der Waals surface area contributed by atoms with E-state index in [9.17, 15) is 4.79 Å². The fourth-order valence-corrected chi connectivity index (χ4v) is 3.02. The van der Waals surface area contributed by atoms with Gasteiger partial charge in [0.15, 0.2) is 0 Å². The van der Waals surface area contributed by atoms with Gasteiger partial charge in [-0.3, -0.25) is 4.90 Å². The van der Waals surface area contributed by atoms with Crippen LogP contribution in [0, 0.1) is 11.3 Å². The molecule has 0 unspecified atom stereocenters. The average Bonchev–Trinajstić information content (AvgIpc) is 2.47. The van der Waals surface area contributed by atoms with E-state index in [1.165, 1.54) is 19.1 Å². The monoisotopic (exact) mass is 285 g/mol. The fourth-order valence-electron chi connectivity index (χ4n) is 3.02. The molecule has 0 aromatic carbocycles. The van der Waals surface area contributed by atoms with E-state index in [2.05, 4.69) is 11.8 Å². The Balaban J connectivity index is 2.52. The van der Waals surface area contributed by atoms with Gasteiger partial charge in [0.1, 0.15) is 6.29 Å². The predicted molar refractivity (Wildman–Crippen MR) is 80.9 cm³/mol. The SMILES string of the molecule is COCCCN(CCOC)CC1(C=O)CCC(C)CC1. The predicted octanol–water partition coefficient (Wildman–Crippen LogP) is 2.37. The topological polar surface area (TPSA) is 38.8 Å². The largest absolute Gasteiger partial charge is 0.385 e. The summed E-state index contributed by atoms with van der Waals surface area (Å²) in [6.45, 7) is 6.52. The molecule has 0 aromatic heterocycles. The van der Waals surface area contributed by atoms with Gasteiger partial charge in [-0.15, -0.1) is 0 Å². The van der Waals surface area contributed by atoms with E-state index in [4.69, 9.17) is 9.47 Å². The van der Waals surface area contributed by atoms with Gasteiger partial charge in [0.25, 0.3) is 0 Å². The molecule has 1 rings (SSSR count). The summed E-state index contributed by atoms with van der Waals surface area (Å²) in [6, 6.07) is 0. The quantitative estimate of drug-likeness (QED) is 0.456. The number of methoxy groups -OCH3 is 2. The van der Waals surface area contributed by atoms with Crippen LogP contribution in [0.5, 0.6) is 0 Å². The number of aldehydes is 1. The van der Waals surface area contributed by atoms with Crippen molar-refractivity contribution in [2.24, 2.45) is 11.3 Å². The zero-order valence-corrected chi connectivity index (χ0v) is 13.4.